The standard InChI is InChI=1S/C14H17NO6S2.C13H25NO4SSi.C12H12BrNO4.C10H20BrNO2Si.C7H11NO4S.C3H6O2S.Cs.FH/c1-10-3-5-12(6-4-10)23(18,19)21-15-11(7-13(15)16)8-22-9-14(17)20-2;1-13(2,3)20(5,6)18-14-10(7-11(14)15)8-19-9-12(16)17-4;13-7-10-6-11(15)14(10)18-12(16)17-8-9-4-2-1-3-5-9;1-10(2,3)15(4,5)14-12-8(7-11)6-9(12)13;1-12-7(10)4-13-3-5-2-6(9)8(5)11;1-5-3(4)2-6;;/h3-6,11H,7-9H2,1-2H3;10H,7-9H2,1-6H3;1-5,10H,6-8H2;8H,6-7H2,1-5H3;5,11H,2-4H2,1H3;6H,2H2,1H3;;1H/q;;;;;;+1;/p-1. The summed E-state index contributed by atoms with van der Waals surface area (Å²) < 4.78 is 63.9. The third-order valence-corrected chi connectivity index (χ3v) is 29.7. The first-order valence-corrected chi connectivity index (χ1v) is 43.1. The van der Waals surface area contributed by atoms with E-state index in [1.54, 1.807) is 17.2 Å². The number of nitrogens with zero attached hydrogens (tertiary/aromatic N) is 5. The zero-order chi connectivity index (χ0) is 72.2. The van der Waals surface area contributed by atoms with Gasteiger partial charge in [-0.05, 0) is 60.9 Å². The summed E-state index contributed by atoms with van der Waals surface area (Å²) in [4.78, 5) is 115. The minimum absolute atomic E-state index is 0. The number of amides is 5. The summed E-state index contributed by atoms with van der Waals surface area (Å²) in [5.41, 5.74) is 1.78. The largest absolute Gasteiger partial charge is 1.00 e. The van der Waals surface area contributed by atoms with Crippen LogP contribution in [0.3, 0.4) is 0 Å². The second kappa shape index (κ2) is 45.6. The Morgan fingerprint density at radius 3 is 1.27 bits per heavy atom. The minimum Gasteiger partial charge on any atom is -1.00 e. The van der Waals surface area contributed by atoms with Gasteiger partial charge in [0, 0.05) is 27.9 Å². The fourth-order valence-electron chi connectivity index (χ4n) is 6.95. The Kier molecular flexibility index (Phi) is 44.4. The Morgan fingerprint density at radius 1 is 0.567 bits per heavy atom. The smallest absolute Gasteiger partial charge is 1.00 e. The normalized spacial score (nSPS) is 18.5. The van der Waals surface area contributed by atoms with Crippen LogP contribution in [0.25, 0.3) is 0 Å². The van der Waals surface area contributed by atoms with Crippen LogP contribution in [0, 0.1) is 6.92 Å². The summed E-state index contributed by atoms with van der Waals surface area (Å²) >= 11 is 14.3. The van der Waals surface area contributed by atoms with Crippen molar-refractivity contribution < 1.29 is 177 Å². The van der Waals surface area contributed by atoms with E-state index in [1.165, 1.54) is 80.9 Å². The number of halogens is 3. The molecule has 97 heavy (non-hydrogen) atoms. The van der Waals surface area contributed by atoms with Crippen molar-refractivity contribution in [3.63, 3.8) is 0 Å². The number of thioether (sulfide) groups is 3. The van der Waals surface area contributed by atoms with E-state index in [1.807, 2.05) is 37.3 Å². The van der Waals surface area contributed by atoms with E-state index < -0.39 is 38.8 Å². The Bertz CT molecular complexity index is 3000. The van der Waals surface area contributed by atoms with Crippen molar-refractivity contribution in [1.29, 1.82) is 0 Å². The number of alkyl halides is 2. The van der Waals surface area contributed by atoms with E-state index in [4.69, 9.17) is 28.1 Å². The summed E-state index contributed by atoms with van der Waals surface area (Å²) in [7, 11) is -2.56. The molecule has 5 unspecified atom stereocenters. The van der Waals surface area contributed by atoms with Crippen molar-refractivity contribution in [3.05, 3.63) is 65.7 Å². The molecule has 0 bridgehead atoms. The Labute approximate surface area is 664 Å². The van der Waals surface area contributed by atoms with Crippen LogP contribution in [-0.4, -0.2) is 225 Å². The Balaban J connectivity index is 0.00000117. The molecular formula is C59H91Br2CsFN5O22S5Si2. The first-order valence-electron chi connectivity index (χ1n) is 29.6. The average molecular weight is 1750 g/mol. The van der Waals surface area contributed by atoms with E-state index in [-0.39, 0.29) is 197 Å². The molecule has 0 aromatic heterocycles. The first kappa shape index (κ1) is 94.5. The summed E-state index contributed by atoms with van der Waals surface area (Å²) in [6.45, 7) is 23.5. The number of aryl methyl sites for hydroxylation is 1. The number of ether oxygens (including phenoxy) is 5. The molecule has 5 atom stereocenters. The van der Waals surface area contributed by atoms with Crippen LogP contribution in [0.4, 0.5) is 4.79 Å². The molecule has 27 nitrogen and oxygen atoms in total. The number of methoxy groups -OCH3 is 4. The fourth-order valence-corrected chi connectivity index (χ4v) is 13.9. The van der Waals surface area contributed by atoms with Gasteiger partial charge in [0.15, 0.2) is 0 Å². The molecular weight excluding hydrogens is 1660 g/mol. The van der Waals surface area contributed by atoms with Crippen molar-refractivity contribution in [2.24, 2.45) is 0 Å². The molecule has 0 saturated carbocycles. The fraction of sp³-hybridized carbons (Fsp3) is 0.627. The Morgan fingerprint density at radius 2 is 0.928 bits per heavy atom. The van der Waals surface area contributed by atoms with Crippen molar-refractivity contribution in [2.75, 3.05) is 79.4 Å². The summed E-state index contributed by atoms with van der Waals surface area (Å²) in [6.07, 6.45) is 1.19. The van der Waals surface area contributed by atoms with Crippen LogP contribution in [0.5, 0.6) is 0 Å². The number of carbonyl (C=O) groups is 10. The Hall–Kier alpha value is -2.49. The monoisotopic (exact) mass is 1750 g/mol. The number of β-lactam (4-membered cyclic amide) rings is 5. The molecule has 5 fully saturated rings. The van der Waals surface area contributed by atoms with Gasteiger partial charge in [0.2, 0.25) is 40.3 Å². The molecule has 1 N–H and O–H groups in total. The predicted octanol–water partition coefficient (Wildman–Crippen LogP) is 2.70. The summed E-state index contributed by atoms with van der Waals surface area (Å²) in [6, 6.07) is 15.1. The van der Waals surface area contributed by atoms with Crippen molar-refractivity contribution in [2.45, 2.75) is 159 Å². The van der Waals surface area contributed by atoms with Gasteiger partial charge in [0.1, 0.15) is 6.61 Å². The molecule has 5 aliphatic rings. The van der Waals surface area contributed by atoms with Gasteiger partial charge >= 0.3 is 109 Å². The van der Waals surface area contributed by atoms with E-state index in [9.17, 15) is 56.4 Å². The van der Waals surface area contributed by atoms with E-state index in [0.717, 1.165) is 26.6 Å². The van der Waals surface area contributed by atoms with E-state index in [2.05, 4.69) is 131 Å². The number of carbonyl (C=O) groups excluding carboxylic acids is 10. The van der Waals surface area contributed by atoms with Gasteiger partial charge in [-0.15, -0.1) is 39.6 Å². The van der Waals surface area contributed by atoms with Gasteiger partial charge in [-0.2, -0.15) is 31.2 Å². The number of thiol groups is 1. The zero-order valence-electron chi connectivity index (χ0n) is 57.7. The van der Waals surface area contributed by atoms with Crippen molar-refractivity contribution in [1.82, 2.24) is 25.3 Å². The molecule has 2 aromatic rings. The molecule has 5 aliphatic heterocycles. The van der Waals surface area contributed by atoms with Gasteiger partial charge in [-0.3, -0.25) is 48.4 Å². The molecule has 7 rings (SSSR count). The maximum Gasteiger partial charge on any atom is 1.00 e. The second-order valence-corrected chi connectivity index (χ2v) is 40.0. The van der Waals surface area contributed by atoms with Crippen LogP contribution in [0.2, 0.25) is 36.3 Å². The molecule has 544 valence electrons. The molecule has 0 spiro atoms. The number of hydrogen-bond donors (Lipinski definition) is 2. The van der Waals surface area contributed by atoms with Crippen molar-refractivity contribution in [3.8, 4) is 0 Å². The zero-order valence-corrected chi connectivity index (χ0v) is 73.3. The van der Waals surface area contributed by atoms with Gasteiger partial charge in [-0.25, -0.2) is 20.0 Å². The molecule has 38 heteroatoms. The average Bonchev–Trinajstić information content (AvgIpc) is 0.811. The predicted molar refractivity (Wildman–Crippen MR) is 373 cm³/mol. The molecule has 5 heterocycles. The topological polar surface area (TPSA) is 324 Å². The van der Waals surface area contributed by atoms with Crippen LogP contribution in [0.1, 0.15) is 84.8 Å². The van der Waals surface area contributed by atoms with E-state index in [0.29, 0.717) is 59.1 Å². The maximum absolute atomic E-state index is 12.2. The number of hydrogen-bond acceptors (Lipinski definition) is 26. The molecule has 5 saturated heterocycles. The number of hydroxylamine groups is 10. The van der Waals surface area contributed by atoms with E-state index >= 15 is 0 Å². The minimum atomic E-state index is -4.04. The third kappa shape index (κ3) is 32.4. The number of esters is 4. The van der Waals surface area contributed by atoms with Gasteiger partial charge in [-0.1, -0.05) is 121 Å². The van der Waals surface area contributed by atoms with Gasteiger partial charge < -0.3 is 42.3 Å². The molecule has 0 radical (unpaired) electrons. The number of rotatable bonds is 25. The summed E-state index contributed by atoms with van der Waals surface area (Å²) in [5.74, 6) is 0.626. The van der Waals surface area contributed by atoms with Crippen LogP contribution >= 0.6 is 79.8 Å². The van der Waals surface area contributed by atoms with Crippen LogP contribution in [0.15, 0.2) is 59.5 Å². The molecule has 2 aromatic carbocycles. The van der Waals surface area contributed by atoms with Crippen LogP contribution < -0.4 is 73.6 Å². The quantitative estimate of drug-likeness (QED) is 0.0274. The SMILES string of the molecule is CC(C)(C)[Si](C)(C)ON1C(=O)CC1CBr.COC(=O)CS.COC(=O)CSCC1CC(=O)N1O.COC(=O)CSCC1CC(=O)N1OS(=O)(=O)c1ccc(C)cc1.COC(=O)CSCC1CC(=O)N1O[Si](C)(C)C(C)(C)C.O=C(OCc1ccccc1)ON1C(=O)CC1CBr.[Cs+].[F-]. The third-order valence-electron chi connectivity index (χ3n) is 15.1. The first-order chi connectivity index (χ1) is 44.3. The second-order valence-electron chi connectivity index (χ2n) is 24.4. The summed E-state index contributed by atoms with van der Waals surface area (Å²) in [5, 5.41) is 16.2. The van der Waals surface area contributed by atoms with Crippen molar-refractivity contribution >= 4 is 166 Å². The number of benzene rings is 2. The molecule has 5 amide bonds. The van der Waals surface area contributed by atoms with Gasteiger partial charge in [0.25, 0.3) is 5.91 Å². The van der Waals surface area contributed by atoms with Gasteiger partial charge in [0.05, 0.1) is 119 Å². The maximum atomic E-state index is 12.2. The van der Waals surface area contributed by atoms with Crippen LogP contribution in [-0.2, 0) is 102 Å². The molecule has 0 aliphatic carbocycles.